The third kappa shape index (κ3) is 6.31. The number of carbonyl (C=O) groups excluding carboxylic acids is 1. The highest BCUT2D eigenvalue weighted by Gasteiger charge is 2.02. The Morgan fingerprint density at radius 1 is 1.25 bits per heavy atom. The molecule has 0 bridgehead atoms. The molecule has 6 heteroatoms. The molecule has 0 spiro atoms. The molecule has 6 nitrogen and oxygen atoms in total. The lowest BCUT2D eigenvalue weighted by atomic mass is 10.2. The van der Waals surface area contributed by atoms with Crippen LogP contribution in [0.4, 0.5) is 4.79 Å². The fourth-order valence-electron chi connectivity index (χ4n) is 1.36. The van der Waals surface area contributed by atoms with Gasteiger partial charge in [-0.3, -0.25) is 4.79 Å². The van der Waals surface area contributed by atoms with Crippen molar-refractivity contribution in [3.8, 4) is 18.1 Å². The second-order valence-corrected chi connectivity index (χ2v) is 3.89. The van der Waals surface area contributed by atoms with Gasteiger partial charge in [0.15, 0.2) is 0 Å². The molecule has 0 unspecified atom stereocenters. The van der Waals surface area contributed by atoms with Gasteiger partial charge in [0.05, 0.1) is 6.42 Å². The molecule has 0 aliphatic heterocycles. The molecular formula is C14H16N2O4. The number of hydrogen-bond acceptors (Lipinski definition) is 3. The van der Waals surface area contributed by atoms with E-state index in [0.29, 0.717) is 12.3 Å². The van der Waals surface area contributed by atoms with E-state index in [0.717, 1.165) is 5.56 Å². The number of carboxylic acid groups (broad SMARTS) is 1. The monoisotopic (exact) mass is 276 g/mol. The van der Waals surface area contributed by atoms with Crippen LogP contribution in [-0.2, 0) is 11.3 Å². The van der Waals surface area contributed by atoms with E-state index < -0.39 is 12.0 Å². The van der Waals surface area contributed by atoms with E-state index in [1.54, 1.807) is 12.1 Å². The largest absolute Gasteiger partial charge is 0.481 e. The molecule has 0 saturated carbocycles. The molecule has 0 heterocycles. The zero-order valence-electron chi connectivity index (χ0n) is 10.9. The predicted octanol–water partition coefficient (Wildman–Crippen LogP) is 0.972. The number of benzene rings is 1. The minimum absolute atomic E-state index is 0.0973. The number of carboxylic acids is 1. The summed E-state index contributed by atoms with van der Waals surface area (Å²) in [6.45, 7) is 0.651. The van der Waals surface area contributed by atoms with Gasteiger partial charge in [0, 0.05) is 13.1 Å². The molecule has 1 aromatic rings. The van der Waals surface area contributed by atoms with E-state index in [9.17, 15) is 9.59 Å². The Morgan fingerprint density at radius 3 is 2.55 bits per heavy atom. The van der Waals surface area contributed by atoms with E-state index in [4.69, 9.17) is 16.3 Å². The summed E-state index contributed by atoms with van der Waals surface area (Å²) in [7, 11) is 0. The minimum Gasteiger partial charge on any atom is -0.481 e. The Hall–Kier alpha value is -2.68. The predicted molar refractivity (Wildman–Crippen MR) is 73.3 cm³/mol. The minimum atomic E-state index is -0.951. The van der Waals surface area contributed by atoms with Crippen LogP contribution in [0.5, 0.6) is 5.75 Å². The summed E-state index contributed by atoms with van der Waals surface area (Å²) in [6, 6.07) is 6.74. The highest BCUT2D eigenvalue weighted by molar-refractivity contribution is 5.74. The van der Waals surface area contributed by atoms with Crippen LogP contribution < -0.4 is 15.4 Å². The molecule has 0 atom stereocenters. The van der Waals surface area contributed by atoms with Gasteiger partial charge < -0.3 is 20.5 Å². The van der Waals surface area contributed by atoms with Crippen LogP contribution in [0, 0.1) is 12.3 Å². The smallest absolute Gasteiger partial charge is 0.315 e. The van der Waals surface area contributed by atoms with E-state index in [1.165, 1.54) is 0 Å². The SMILES string of the molecule is C#CCOc1ccc(CNC(=O)NCCC(=O)O)cc1. The molecule has 0 fully saturated rings. The van der Waals surface area contributed by atoms with Crippen molar-refractivity contribution in [2.45, 2.75) is 13.0 Å². The zero-order valence-corrected chi connectivity index (χ0v) is 10.9. The summed E-state index contributed by atoms with van der Waals surface area (Å²) >= 11 is 0. The average Bonchev–Trinajstić information content (AvgIpc) is 2.43. The number of ether oxygens (including phenoxy) is 1. The molecule has 0 aromatic heterocycles. The maximum Gasteiger partial charge on any atom is 0.315 e. The quantitative estimate of drug-likeness (QED) is 0.648. The summed E-state index contributed by atoms with van der Waals surface area (Å²) in [5.74, 6) is 2.08. The van der Waals surface area contributed by atoms with E-state index >= 15 is 0 Å². The van der Waals surface area contributed by atoms with Crippen molar-refractivity contribution >= 4 is 12.0 Å². The standard InChI is InChI=1S/C14H16N2O4/c1-2-9-20-12-5-3-11(4-6-12)10-16-14(19)15-8-7-13(17)18/h1,3-6H,7-10H2,(H,17,18)(H2,15,16,19). The summed E-state index contributed by atoms with van der Waals surface area (Å²) in [5.41, 5.74) is 0.895. The first-order valence-corrected chi connectivity index (χ1v) is 6.00. The van der Waals surface area contributed by atoms with Crippen molar-refractivity contribution in [1.82, 2.24) is 10.6 Å². The van der Waals surface area contributed by atoms with Gasteiger partial charge >= 0.3 is 12.0 Å². The maximum atomic E-state index is 11.3. The topological polar surface area (TPSA) is 87.7 Å². The van der Waals surface area contributed by atoms with Crippen molar-refractivity contribution in [2.24, 2.45) is 0 Å². The number of aliphatic carboxylic acids is 1. The number of amides is 2. The number of nitrogens with one attached hydrogen (secondary N) is 2. The summed E-state index contributed by atoms with van der Waals surface area (Å²) in [6.07, 6.45) is 4.98. The van der Waals surface area contributed by atoms with Crippen LogP contribution in [0.3, 0.4) is 0 Å². The lowest BCUT2D eigenvalue weighted by molar-refractivity contribution is -0.136. The maximum absolute atomic E-state index is 11.3. The lowest BCUT2D eigenvalue weighted by Gasteiger charge is -2.07. The molecule has 0 radical (unpaired) electrons. The Labute approximate surface area is 117 Å². The Balaban J connectivity index is 2.29. The number of urea groups is 1. The van der Waals surface area contributed by atoms with Gasteiger partial charge in [0.25, 0.3) is 0 Å². The number of terminal acetylenes is 1. The van der Waals surface area contributed by atoms with Crippen molar-refractivity contribution < 1.29 is 19.4 Å². The second kappa shape index (κ2) is 8.43. The molecule has 3 N–H and O–H groups in total. The number of carbonyl (C=O) groups is 2. The van der Waals surface area contributed by atoms with Gasteiger partial charge in [-0.25, -0.2) is 4.79 Å². The van der Waals surface area contributed by atoms with Crippen molar-refractivity contribution in [3.05, 3.63) is 29.8 Å². The van der Waals surface area contributed by atoms with Crippen LogP contribution in [0.25, 0.3) is 0 Å². The molecule has 106 valence electrons. The summed E-state index contributed by atoms with van der Waals surface area (Å²) in [4.78, 5) is 21.6. The van der Waals surface area contributed by atoms with Crippen LogP contribution in [0.2, 0.25) is 0 Å². The highest BCUT2D eigenvalue weighted by atomic mass is 16.5. The van der Waals surface area contributed by atoms with Crippen molar-refractivity contribution in [2.75, 3.05) is 13.2 Å². The molecule has 0 saturated heterocycles. The molecule has 2 amide bonds. The number of hydrogen-bond donors (Lipinski definition) is 3. The zero-order chi connectivity index (χ0) is 14.8. The van der Waals surface area contributed by atoms with Gasteiger partial charge in [-0.1, -0.05) is 18.1 Å². The van der Waals surface area contributed by atoms with E-state index in [1.807, 2.05) is 12.1 Å². The molecule has 1 rings (SSSR count). The first-order chi connectivity index (χ1) is 9.61. The normalized spacial score (nSPS) is 9.35. The van der Waals surface area contributed by atoms with Gasteiger partial charge in [-0.2, -0.15) is 0 Å². The van der Waals surface area contributed by atoms with Crippen LogP contribution >= 0.6 is 0 Å². The molecule has 0 aliphatic rings. The summed E-state index contributed by atoms with van der Waals surface area (Å²) < 4.78 is 5.22. The first kappa shape index (κ1) is 15.4. The molecule has 1 aromatic carbocycles. The Bertz CT molecular complexity index is 491. The fraction of sp³-hybridized carbons (Fsp3) is 0.286. The third-order valence-corrected chi connectivity index (χ3v) is 2.32. The van der Waals surface area contributed by atoms with Gasteiger partial charge in [-0.15, -0.1) is 6.42 Å². The van der Waals surface area contributed by atoms with E-state index in [-0.39, 0.29) is 19.6 Å². The van der Waals surface area contributed by atoms with Gasteiger partial charge in [0.2, 0.25) is 0 Å². The molecule has 0 aliphatic carbocycles. The second-order valence-electron chi connectivity index (χ2n) is 3.89. The highest BCUT2D eigenvalue weighted by Crippen LogP contribution is 2.11. The fourth-order valence-corrected chi connectivity index (χ4v) is 1.36. The molecular weight excluding hydrogens is 260 g/mol. The third-order valence-electron chi connectivity index (χ3n) is 2.32. The number of rotatable bonds is 7. The Kier molecular flexibility index (Phi) is 6.48. The van der Waals surface area contributed by atoms with Crippen molar-refractivity contribution in [1.29, 1.82) is 0 Å². The molecule has 20 heavy (non-hydrogen) atoms. The van der Waals surface area contributed by atoms with Gasteiger partial charge in [0.1, 0.15) is 12.4 Å². The van der Waals surface area contributed by atoms with Crippen molar-refractivity contribution in [3.63, 3.8) is 0 Å². The average molecular weight is 276 g/mol. The first-order valence-electron chi connectivity index (χ1n) is 6.00. The van der Waals surface area contributed by atoms with Crippen LogP contribution in [0.15, 0.2) is 24.3 Å². The Morgan fingerprint density at radius 2 is 1.95 bits per heavy atom. The lowest BCUT2D eigenvalue weighted by Crippen LogP contribution is -2.36. The van der Waals surface area contributed by atoms with Gasteiger partial charge in [-0.05, 0) is 17.7 Å². The van der Waals surface area contributed by atoms with E-state index in [2.05, 4.69) is 16.6 Å². The summed E-state index contributed by atoms with van der Waals surface area (Å²) in [5, 5.41) is 13.5. The van der Waals surface area contributed by atoms with Crippen LogP contribution in [0.1, 0.15) is 12.0 Å². The van der Waals surface area contributed by atoms with Crippen LogP contribution in [-0.4, -0.2) is 30.3 Å².